The van der Waals surface area contributed by atoms with E-state index < -0.39 is 28.5 Å². The van der Waals surface area contributed by atoms with Gasteiger partial charge >= 0.3 is 0 Å². The van der Waals surface area contributed by atoms with Crippen molar-refractivity contribution in [3.63, 3.8) is 0 Å². The van der Waals surface area contributed by atoms with Crippen molar-refractivity contribution in [3.05, 3.63) is 101 Å². The van der Waals surface area contributed by atoms with E-state index in [1.807, 2.05) is 60.7 Å². The molecule has 1 aliphatic carbocycles. The molecule has 2 amide bonds. The summed E-state index contributed by atoms with van der Waals surface area (Å²) in [5, 5.41) is 3.21. The Bertz CT molecular complexity index is 1380. The number of rotatable bonds is 11. The van der Waals surface area contributed by atoms with E-state index in [0.29, 0.717) is 16.6 Å². The fourth-order valence-electron chi connectivity index (χ4n) is 5.12. The van der Waals surface area contributed by atoms with Gasteiger partial charge in [-0.1, -0.05) is 102 Å². The highest BCUT2D eigenvalue weighted by molar-refractivity contribution is 9.10. The number of nitrogens with zero attached hydrogens (tertiary/aromatic N) is 2. The molecule has 9 heteroatoms. The molecule has 1 aliphatic rings. The van der Waals surface area contributed by atoms with Gasteiger partial charge in [-0.05, 0) is 42.2 Å². The van der Waals surface area contributed by atoms with Crippen molar-refractivity contribution in [2.24, 2.45) is 0 Å². The molecule has 0 bridgehead atoms. The van der Waals surface area contributed by atoms with Crippen LogP contribution in [0, 0.1) is 0 Å². The Morgan fingerprint density at radius 1 is 0.900 bits per heavy atom. The number of hydrogen-bond donors (Lipinski definition) is 1. The van der Waals surface area contributed by atoms with Gasteiger partial charge < -0.3 is 10.2 Å². The van der Waals surface area contributed by atoms with E-state index in [0.717, 1.165) is 53.8 Å². The molecule has 0 heterocycles. The molecule has 1 N–H and O–H groups in total. The number of carbonyl (C=O) groups excluding carboxylic acids is 2. The predicted octanol–water partition coefficient (Wildman–Crippen LogP) is 5.30. The summed E-state index contributed by atoms with van der Waals surface area (Å²) in [6.07, 6.45) is 6.53. The standard InChI is InChI=1S/C31H36BrN3O4S/c1-40(38,39)35(28-19-11-16-26(32)21-28)23-30(36)34(22-25-14-7-3-8-15-25)29(20-24-12-5-2-6-13-24)31(37)33-27-17-9-4-10-18-27/h2-3,5-8,11-16,19,21,27,29H,4,9-10,17-18,20,22-23H2,1H3,(H,33,37). The fourth-order valence-corrected chi connectivity index (χ4v) is 6.35. The van der Waals surface area contributed by atoms with E-state index in [4.69, 9.17) is 0 Å². The number of anilines is 1. The Balaban J connectivity index is 1.70. The van der Waals surface area contributed by atoms with Crippen LogP contribution in [0.1, 0.15) is 43.2 Å². The third-order valence-electron chi connectivity index (χ3n) is 7.19. The van der Waals surface area contributed by atoms with Crippen LogP contribution in [0.4, 0.5) is 5.69 Å². The maximum absolute atomic E-state index is 14.1. The molecular weight excluding hydrogens is 590 g/mol. The number of benzene rings is 3. The fraction of sp³-hybridized carbons (Fsp3) is 0.355. The molecule has 0 spiro atoms. The molecule has 0 aromatic heterocycles. The van der Waals surface area contributed by atoms with E-state index in [2.05, 4.69) is 21.2 Å². The second-order valence-electron chi connectivity index (χ2n) is 10.3. The Kier molecular flexibility index (Phi) is 10.4. The largest absolute Gasteiger partial charge is 0.352 e. The first-order valence-corrected chi connectivity index (χ1v) is 16.3. The minimum atomic E-state index is -3.80. The van der Waals surface area contributed by atoms with Crippen LogP contribution < -0.4 is 9.62 Å². The van der Waals surface area contributed by atoms with Crippen LogP contribution in [-0.4, -0.2) is 50.0 Å². The second kappa shape index (κ2) is 13.9. The highest BCUT2D eigenvalue weighted by Crippen LogP contribution is 2.24. The molecule has 4 rings (SSSR count). The van der Waals surface area contributed by atoms with Gasteiger partial charge in [-0.2, -0.15) is 0 Å². The van der Waals surface area contributed by atoms with Gasteiger partial charge in [0.15, 0.2) is 0 Å². The maximum Gasteiger partial charge on any atom is 0.244 e. The van der Waals surface area contributed by atoms with Gasteiger partial charge in [0.05, 0.1) is 11.9 Å². The van der Waals surface area contributed by atoms with Gasteiger partial charge in [0.2, 0.25) is 21.8 Å². The van der Waals surface area contributed by atoms with Crippen molar-refractivity contribution >= 4 is 43.5 Å². The highest BCUT2D eigenvalue weighted by atomic mass is 79.9. The number of halogens is 1. The van der Waals surface area contributed by atoms with Crippen LogP contribution in [0.3, 0.4) is 0 Å². The number of amides is 2. The lowest BCUT2D eigenvalue weighted by molar-refractivity contribution is -0.140. The Morgan fingerprint density at radius 2 is 1.52 bits per heavy atom. The molecule has 212 valence electrons. The zero-order valence-electron chi connectivity index (χ0n) is 22.7. The zero-order chi connectivity index (χ0) is 28.5. The van der Waals surface area contributed by atoms with Gasteiger partial charge in [0.25, 0.3) is 0 Å². The molecule has 1 saturated carbocycles. The average Bonchev–Trinajstić information content (AvgIpc) is 2.94. The molecular formula is C31H36BrN3O4S. The Morgan fingerprint density at radius 3 is 2.12 bits per heavy atom. The maximum atomic E-state index is 14.1. The third-order valence-corrected chi connectivity index (χ3v) is 8.83. The monoisotopic (exact) mass is 625 g/mol. The molecule has 3 aromatic carbocycles. The molecule has 1 unspecified atom stereocenters. The smallest absolute Gasteiger partial charge is 0.244 e. The molecule has 1 fully saturated rings. The summed E-state index contributed by atoms with van der Waals surface area (Å²) in [7, 11) is -3.80. The molecule has 0 saturated heterocycles. The second-order valence-corrected chi connectivity index (χ2v) is 13.1. The molecule has 0 aliphatic heterocycles. The topological polar surface area (TPSA) is 86.8 Å². The summed E-state index contributed by atoms with van der Waals surface area (Å²) in [5.74, 6) is -0.664. The summed E-state index contributed by atoms with van der Waals surface area (Å²) in [6, 6.07) is 25.2. The number of nitrogens with one attached hydrogen (secondary N) is 1. The van der Waals surface area contributed by atoms with Crippen molar-refractivity contribution in [1.82, 2.24) is 10.2 Å². The molecule has 3 aromatic rings. The zero-order valence-corrected chi connectivity index (χ0v) is 25.1. The van der Waals surface area contributed by atoms with E-state index in [9.17, 15) is 18.0 Å². The molecule has 0 radical (unpaired) electrons. The van der Waals surface area contributed by atoms with Crippen molar-refractivity contribution in [2.45, 2.75) is 57.2 Å². The Labute approximate surface area is 245 Å². The van der Waals surface area contributed by atoms with E-state index in [1.165, 1.54) is 4.90 Å². The van der Waals surface area contributed by atoms with E-state index >= 15 is 0 Å². The first-order valence-electron chi connectivity index (χ1n) is 13.6. The van der Waals surface area contributed by atoms with Crippen LogP contribution in [0.5, 0.6) is 0 Å². The number of carbonyl (C=O) groups is 2. The minimum Gasteiger partial charge on any atom is -0.352 e. The quantitative estimate of drug-likeness (QED) is 0.313. The highest BCUT2D eigenvalue weighted by Gasteiger charge is 2.34. The minimum absolute atomic E-state index is 0.0717. The lowest BCUT2D eigenvalue weighted by Gasteiger charge is -2.35. The summed E-state index contributed by atoms with van der Waals surface area (Å²) in [6.45, 7) is -0.254. The molecule has 1 atom stereocenters. The lowest BCUT2D eigenvalue weighted by Crippen LogP contribution is -2.55. The van der Waals surface area contributed by atoms with Crippen molar-refractivity contribution < 1.29 is 18.0 Å². The molecule has 40 heavy (non-hydrogen) atoms. The summed E-state index contributed by atoms with van der Waals surface area (Å²) >= 11 is 3.39. The van der Waals surface area contributed by atoms with Crippen molar-refractivity contribution in [1.29, 1.82) is 0 Å². The number of sulfonamides is 1. The van der Waals surface area contributed by atoms with Crippen LogP contribution in [0.15, 0.2) is 89.4 Å². The average molecular weight is 627 g/mol. The van der Waals surface area contributed by atoms with Gasteiger partial charge in [-0.3, -0.25) is 13.9 Å². The first-order chi connectivity index (χ1) is 19.2. The SMILES string of the molecule is CS(=O)(=O)N(CC(=O)N(Cc1ccccc1)C(Cc1ccccc1)C(=O)NC1CCCCC1)c1cccc(Br)c1. The van der Waals surface area contributed by atoms with Crippen molar-refractivity contribution in [3.8, 4) is 0 Å². The van der Waals surface area contributed by atoms with Crippen LogP contribution in [0.2, 0.25) is 0 Å². The molecule has 7 nitrogen and oxygen atoms in total. The van der Waals surface area contributed by atoms with Gasteiger partial charge in [-0.15, -0.1) is 0 Å². The first kappa shape index (κ1) is 29.8. The summed E-state index contributed by atoms with van der Waals surface area (Å²) in [5.41, 5.74) is 2.15. The van der Waals surface area contributed by atoms with Gasteiger partial charge in [0.1, 0.15) is 12.6 Å². The number of hydrogen-bond acceptors (Lipinski definition) is 4. The van der Waals surface area contributed by atoms with E-state index in [1.54, 1.807) is 24.3 Å². The third kappa shape index (κ3) is 8.41. The van der Waals surface area contributed by atoms with Gasteiger partial charge in [0, 0.05) is 23.5 Å². The van der Waals surface area contributed by atoms with Crippen LogP contribution in [-0.2, 0) is 32.6 Å². The normalized spacial score (nSPS) is 14.8. The van der Waals surface area contributed by atoms with Crippen molar-refractivity contribution in [2.75, 3.05) is 17.1 Å². The summed E-state index contributed by atoms with van der Waals surface area (Å²) < 4.78 is 27.5. The van der Waals surface area contributed by atoms with Crippen LogP contribution >= 0.6 is 15.9 Å². The summed E-state index contributed by atoms with van der Waals surface area (Å²) in [4.78, 5) is 29.6. The van der Waals surface area contributed by atoms with E-state index in [-0.39, 0.29) is 18.5 Å². The predicted molar refractivity (Wildman–Crippen MR) is 162 cm³/mol. The van der Waals surface area contributed by atoms with Crippen LogP contribution in [0.25, 0.3) is 0 Å². The lowest BCUT2D eigenvalue weighted by atomic mass is 9.94. The Hall–Kier alpha value is -3.17. The van der Waals surface area contributed by atoms with Gasteiger partial charge in [-0.25, -0.2) is 8.42 Å².